The smallest absolute Gasteiger partial charge is 0.339 e. The topological polar surface area (TPSA) is 63.1 Å². The number of hydrogen-bond acceptors (Lipinski definition) is 4. The predicted molar refractivity (Wildman–Crippen MR) is 77.7 cm³/mol. The number of halogens is 3. The van der Waals surface area contributed by atoms with Gasteiger partial charge in [-0.15, -0.1) is 11.8 Å². The highest BCUT2D eigenvalue weighted by Gasteiger charge is 2.21. The molecule has 4 nitrogen and oxygen atoms in total. The fraction of sp³-hybridized carbons (Fsp3) is 0.154. The molecule has 0 amide bonds. The number of benzene rings is 1. The van der Waals surface area contributed by atoms with E-state index < -0.39 is 23.7 Å². The molecule has 0 atom stereocenters. The molecule has 0 bridgehead atoms. The van der Waals surface area contributed by atoms with E-state index in [1.165, 1.54) is 11.8 Å². The minimum Gasteiger partial charge on any atom is -0.478 e. The van der Waals surface area contributed by atoms with E-state index in [0.29, 0.717) is 0 Å². The standard InChI is InChI=1S/C13H9BrF2N2O2S/c14-7-2-1-3-8(4-7)21-6-10-17-5-9(13(19)20)11(18-10)12(15)16/h1-5,12H,6H2,(H,19,20). The minimum absolute atomic E-state index is 0.167. The minimum atomic E-state index is -2.95. The Morgan fingerprint density at radius 3 is 2.81 bits per heavy atom. The van der Waals surface area contributed by atoms with E-state index in [1.807, 2.05) is 24.3 Å². The van der Waals surface area contributed by atoms with Gasteiger partial charge in [-0.25, -0.2) is 23.5 Å². The molecule has 0 radical (unpaired) electrons. The van der Waals surface area contributed by atoms with E-state index in [2.05, 4.69) is 25.9 Å². The Labute approximate surface area is 131 Å². The van der Waals surface area contributed by atoms with Gasteiger partial charge in [-0.3, -0.25) is 0 Å². The Morgan fingerprint density at radius 1 is 1.43 bits per heavy atom. The first kappa shape index (κ1) is 15.8. The average Bonchev–Trinajstić information content (AvgIpc) is 2.44. The Morgan fingerprint density at radius 2 is 2.19 bits per heavy atom. The van der Waals surface area contributed by atoms with Crippen LogP contribution in [0.4, 0.5) is 8.78 Å². The van der Waals surface area contributed by atoms with E-state index in [0.717, 1.165) is 15.6 Å². The van der Waals surface area contributed by atoms with Gasteiger partial charge in [0.05, 0.1) is 5.75 Å². The van der Waals surface area contributed by atoms with Crippen LogP contribution in [0.2, 0.25) is 0 Å². The monoisotopic (exact) mass is 374 g/mol. The molecular formula is C13H9BrF2N2O2S. The molecule has 21 heavy (non-hydrogen) atoms. The molecule has 8 heteroatoms. The number of rotatable bonds is 5. The van der Waals surface area contributed by atoms with Crippen LogP contribution in [0, 0.1) is 0 Å². The summed E-state index contributed by atoms with van der Waals surface area (Å²) < 4.78 is 26.5. The van der Waals surface area contributed by atoms with Crippen molar-refractivity contribution in [2.24, 2.45) is 0 Å². The summed E-state index contributed by atoms with van der Waals surface area (Å²) in [5.74, 6) is -1.02. The molecule has 0 fully saturated rings. The summed E-state index contributed by atoms with van der Waals surface area (Å²) in [7, 11) is 0. The molecule has 1 aromatic carbocycles. The summed E-state index contributed by atoms with van der Waals surface area (Å²) in [6.07, 6.45) is -2.03. The molecule has 0 saturated heterocycles. The van der Waals surface area contributed by atoms with Gasteiger partial charge in [-0.1, -0.05) is 22.0 Å². The first-order valence-electron chi connectivity index (χ1n) is 5.73. The van der Waals surface area contributed by atoms with Gasteiger partial charge in [0, 0.05) is 15.6 Å². The Hall–Kier alpha value is -1.54. The lowest BCUT2D eigenvalue weighted by molar-refractivity contribution is 0.0681. The van der Waals surface area contributed by atoms with Crippen molar-refractivity contribution < 1.29 is 18.7 Å². The lowest BCUT2D eigenvalue weighted by Crippen LogP contribution is -2.09. The number of alkyl halides is 2. The van der Waals surface area contributed by atoms with Crippen LogP contribution >= 0.6 is 27.7 Å². The maximum Gasteiger partial charge on any atom is 0.339 e. The van der Waals surface area contributed by atoms with Crippen molar-refractivity contribution in [2.45, 2.75) is 17.1 Å². The van der Waals surface area contributed by atoms with Crippen molar-refractivity contribution in [2.75, 3.05) is 0 Å². The van der Waals surface area contributed by atoms with Crippen molar-refractivity contribution >= 4 is 33.7 Å². The zero-order valence-electron chi connectivity index (χ0n) is 10.5. The first-order valence-corrected chi connectivity index (χ1v) is 7.51. The van der Waals surface area contributed by atoms with Gasteiger partial charge < -0.3 is 5.11 Å². The van der Waals surface area contributed by atoms with Gasteiger partial charge in [-0.05, 0) is 18.2 Å². The number of hydrogen-bond donors (Lipinski definition) is 1. The van der Waals surface area contributed by atoms with Crippen LogP contribution in [0.15, 0.2) is 39.8 Å². The van der Waals surface area contributed by atoms with Crippen LogP contribution in [-0.2, 0) is 5.75 Å². The molecule has 1 aromatic heterocycles. The van der Waals surface area contributed by atoms with Gasteiger partial charge in [-0.2, -0.15) is 0 Å². The molecule has 0 unspecified atom stereocenters. The second-order valence-corrected chi connectivity index (χ2v) is 5.90. The second kappa shape index (κ2) is 6.95. The van der Waals surface area contributed by atoms with Gasteiger partial charge in [0.1, 0.15) is 17.1 Å². The van der Waals surface area contributed by atoms with Crippen molar-refractivity contribution in [3.05, 3.63) is 52.0 Å². The quantitative estimate of drug-likeness (QED) is 0.795. The molecule has 110 valence electrons. The number of aromatic carboxylic acids is 1. The van der Waals surface area contributed by atoms with Crippen LogP contribution in [0.5, 0.6) is 0 Å². The predicted octanol–water partition coefficient (Wildman–Crippen LogP) is 4.17. The van der Waals surface area contributed by atoms with E-state index >= 15 is 0 Å². The first-order chi connectivity index (χ1) is 9.97. The third-order valence-electron chi connectivity index (χ3n) is 2.47. The Bertz CT molecular complexity index is 670. The van der Waals surface area contributed by atoms with Crippen LogP contribution in [0.25, 0.3) is 0 Å². The van der Waals surface area contributed by atoms with Gasteiger partial charge in [0.2, 0.25) is 0 Å². The molecule has 1 heterocycles. The molecule has 0 spiro atoms. The van der Waals surface area contributed by atoms with E-state index in [-0.39, 0.29) is 11.6 Å². The van der Waals surface area contributed by atoms with E-state index in [1.54, 1.807) is 0 Å². The highest BCUT2D eigenvalue weighted by molar-refractivity contribution is 9.10. The van der Waals surface area contributed by atoms with Gasteiger partial charge in [0.25, 0.3) is 6.43 Å². The van der Waals surface area contributed by atoms with Gasteiger partial charge in [0.15, 0.2) is 0 Å². The van der Waals surface area contributed by atoms with Crippen LogP contribution in [0.3, 0.4) is 0 Å². The maximum atomic E-state index is 12.8. The second-order valence-electron chi connectivity index (χ2n) is 3.94. The lowest BCUT2D eigenvalue weighted by atomic mass is 10.2. The summed E-state index contributed by atoms with van der Waals surface area (Å²) in [4.78, 5) is 19.2. The third kappa shape index (κ3) is 4.21. The van der Waals surface area contributed by atoms with Crippen LogP contribution in [0.1, 0.15) is 28.3 Å². The normalized spacial score (nSPS) is 10.9. The van der Waals surface area contributed by atoms with Crippen molar-refractivity contribution in [1.29, 1.82) is 0 Å². The fourth-order valence-corrected chi connectivity index (χ4v) is 2.91. The molecule has 0 aliphatic carbocycles. The van der Waals surface area contributed by atoms with Crippen molar-refractivity contribution in [3.63, 3.8) is 0 Å². The largest absolute Gasteiger partial charge is 0.478 e. The highest BCUT2D eigenvalue weighted by atomic mass is 79.9. The SMILES string of the molecule is O=C(O)c1cnc(CSc2cccc(Br)c2)nc1C(F)F. The molecule has 2 rings (SSSR count). The average molecular weight is 375 g/mol. The van der Waals surface area contributed by atoms with E-state index in [9.17, 15) is 13.6 Å². The van der Waals surface area contributed by atoms with Crippen molar-refractivity contribution in [1.82, 2.24) is 9.97 Å². The molecule has 1 N–H and O–H groups in total. The molecule has 2 aromatic rings. The fourth-order valence-electron chi connectivity index (χ4n) is 1.54. The van der Waals surface area contributed by atoms with Crippen molar-refractivity contribution in [3.8, 4) is 0 Å². The maximum absolute atomic E-state index is 12.8. The zero-order valence-corrected chi connectivity index (χ0v) is 12.9. The zero-order chi connectivity index (χ0) is 15.4. The molecule has 0 aliphatic rings. The summed E-state index contributed by atoms with van der Waals surface area (Å²) in [6.45, 7) is 0. The number of carboxylic acid groups (broad SMARTS) is 1. The highest BCUT2D eigenvalue weighted by Crippen LogP contribution is 2.26. The van der Waals surface area contributed by atoms with Gasteiger partial charge >= 0.3 is 5.97 Å². The number of thioether (sulfide) groups is 1. The number of carboxylic acids is 1. The summed E-state index contributed by atoms with van der Waals surface area (Å²) in [5, 5.41) is 8.82. The Balaban J connectivity index is 2.17. The summed E-state index contributed by atoms with van der Waals surface area (Å²) in [6, 6.07) is 7.47. The van der Waals surface area contributed by atoms with Crippen LogP contribution in [-0.4, -0.2) is 21.0 Å². The summed E-state index contributed by atoms with van der Waals surface area (Å²) >= 11 is 4.71. The lowest BCUT2D eigenvalue weighted by Gasteiger charge is -2.06. The Kier molecular flexibility index (Phi) is 5.24. The molecule has 0 aliphatic heterocycles. The summed E-state index contributed by atoms with van der Waals surface area (Å²) in [5.41, 5.74) is -1.32. The van der Waals surface area contributed by atoms with E-state index in [4.69, 9.17) is 5.11 Å². The third-order valence-corrected chi connectivity index (χ3v) is 3.95. The number of carbonyl (C=O) groups is 1. The molecule has 0 saturated carbocycles. The molecular weight excluding hydrogens is 366 g/mol. The number of aromatic nitrogens is 2. The number of nitrogens with zero attached hydrogens (tertiary/aromatic N) is 2. The van der Waals surface area contributed by atoms with Crippen LogP contribution < -0.4 is 0 Å².